The third-order valence-electron chi connectivity index (χ3n) is 2.79. The lowest BCUT2D eigenvalue weighted by Gasteiger charge is -1.97. The van der Waals surface area contributed by atoms with E-state index in [2.05, 4.69) is 35.3 Å². The molecule has 0 aliphatic carbocycles. The van der Waals surface area contributed by atoms with Gasteiger partial charge in [0.05, 0.1) is 12.0 Å². The summed E-state index contributed by atoms with van der Waals surface area (Å²) in [4.78, 5) is 4.30. The first kappa shape index (κ1) is 12.3. The van der Waals surface area contributed by atoms with Crippen molar-refractivity contribution >= 4 is 0 Å². The lowest BCUT2D eigenvalue weighted by Crippen LogP contribution is -1.96. The number of rotatable bonds is 4. The molecule has 0 spiro atoms. The van der Waals surface area contributed by atoms with Gasteiger partial charge < -0.3 is 4.52 Å². The molecule has 18 heavy (non-hydrogen) atoms. The molecule has 0 saturated heterocycles. The zero-order chi connectivity index (χ0) is 13.0. The van der Waals surface area contributed by atoms with E-state index in [0.29, 0.717) is 18.1 Å². The van der Waals surface area contributed by atoms with E-state index in [1.54, 1.807) is 0 Å². The summed E-state index contributed by atoms with van der Waals surface area (Å²) in [6.07, 6.45) is 1.51. The van der Waals surface area contributed by atoms with Gasteiger partial charge in [-0.15, -0.1) is 0 Å². The Kier molecular flexibility index (Phi) is 3.73. The summed E-state index contributed by atoms with van der Waals surface area (Å²) in [5.74, 6) is 0.983. The molecular formula is C14H15N3O. The summed E-state index contributed by atoms with van der Waals surface area (Å²) in [6.45, 7) is 3.95. The molecule has 1 atom stereocenters. The predicted octanol–water partition coefficient (Wildman–Crippen LogP) is 3.00. The molecule has 0 fully saturated rings. The van der Waals surface area contributed by atoms with E-state index in [-0.39, 0.29) is 5.92 Å². The lowest BCUT2D eigenvalue weighted by atomic mass is 10.1. The highest BCUT2D eigenvalue weighted by molar-refractivity contribution is 5.54. The number of hydrogen-bond acceptors (Lipinski definition) is 4. The first-order valence-electron chi connectivity index (χ1n) is 6.04. The maximum Gasteiger partial charge on any atom is 0.228 e. The summed E-state index contributed by atoms with van der Waals surface area (Å²) in [7, 11) is 0. The Morgan fingerprint density at radius 3 is 2.67 bits per heavy atom. The zero-order valence-corrected chi connectivity index (χ0v) is 10.6. The van der Waals surface area contributed by atoms with Crippen molar-refractivity contribution in [3.63, 3.8) is 0 Å². The van der Waals surface area contributed by atoms with Crippen LogP contribution in [0.4, 0.5) is 0 Å². The van der Waals surface area contributed by atoms with Crippen LogP contribution in [0.5, 0.6) is 0 Å². The van der Waals surface area contributed by atoms with Crippen LogP contribution in [0.15, 0.2) is 28.8 Å². The minimum atomic E-state index is -0.110. The number of nitriles is 1. The topological polar surface area (TPSA) is 62.7 Å². The molecule has 4 nitrogen and oxygen atoms in total. The molecule has 92 valence electrons. The van der Waals surface area contributed by atoms with Crippen LogP contribution in [0.25, 0.3) is 11.4 Å². The number of nitrogens with zero attached hydrogens (tertiary/aromatic N) is 3. The van der Waals surface area contributed by atoms with E-state index < -0.39 is 0 Å². The van der Waals surface area contributed by atoms with Crippen molar-refractivity contribution < 1.29 is 4.52 Å². The average Bonchev–Trinajstić information content (AvgIpc) is 2.87. The number of aromatic nitrogens is 2. The summed E-state index contributed by atoms with van der Waals surface area (Å²) >= 11 is 0. The molecular weight excluding hydrogens is 226 g/mol. The van der Waals surface area contributed by atoms with Gasteiger partial charge in [-0.05, 0) is 18.9 Å². The van der Waals surface area contributed by atoms with Crippen LogP contribution >= 0.6 is 0 Å². The van der Waals surface area contributed by atoms with Crippen molar-refractivity contribution in [2.75, 3.05) is 0 Å². The Morgan fingerprint density at radius 2 is 2.06 bits per heavy atom. The molecule has 0 saturated carbocycles. The monoisotopic (exact) mass is 241 g/mol. The van der Waals surface area contributed by atoms with Gasteiger partial charge in [0.25, 0.3) is 0 Å². The largest absolute Gasteiger partial charge is 0.339 e. The van der Waals surface area contributed by atoms with Gasteiger partial charge in [-0.3, -0.25) is 0 Å². The third-order valence-corrected chi connectivity index (χ3v) is 2.79. The highest BCUT2D eigenvalue weighted by Gasteiger charge is 2.11. The zero-order valence-electron chi connectivity index (χ0n) is 10.6. The van der Waals surface area contributed by atoms with Gasteiger partial charge in [0.1, 0.15) is 0 Å². The Balaban J connectivity index is 2.16. The van der Waals surface area contributed by atoms with Gasteiger partial charge in [-0.1, -0.05) is 36.3 Å². The minimum absolute atomic E-state index is 0.110. The quantitative estimate of drug-likeness (QED) is 0.825. The van der Waals surface area contributed by atoms with Crippen molar-refractivity contribution in [2.45, 2.75) is 26.7 Å². The number of hydrogen-bond donors (Lipinski definition) is 0. The first-order chi connectivity index (χ1) is 8.72. The van der Waals surface area contributed by atoms with E-state index in [4.69, 9.17) is 9.78 Å². The van der Waals surface area contributed by atoms with Crippen LogP contribution in [0, 0.1) is 17.2 Å². The van der Waals surface area contributed by atoms with Gasteiger partial charge in [0, 0.05) is 12.0 Å². The second-order valence-corrected chi connectivity index (χ2v) is 4.30. The molecule has 0 aliphatic heterocycles. The molecule has 0 N–H and O–H groups in total. The van der Waals surface area contributed by atoms with E-state index in [0.717, 1.165) is 12.0 Å². The summed E-state index contributed by atoms with van der Waals surface area (Å²) in [5.41, 5.74) is 2.22. The Labute approximate surface area is 106 Å². The van der Waals surface area contributed by atoms with Crippen LogP contribution in [0.1, 0.15) is 25.3 Å². The molecule has 0 bridgehead atoms. The molecule has 0 aliphatic rings. The van der Waals surface area contributed by atoms with E-state index in [1.807, 2.05) is 19.1 Å². The van der Waals surface area contributed by atoms with Gasteiger partial charge in [-0.25, -0.2) is 0 Å². The molecule has 0 radical (unpaired) electrons. The second-order valence-electron chi connectivity index (χ2n) is 4.30. The summed E-state index contributed by atoms with van der Waals surface area (Å²) in [5, 5.41) is 12.7. The van der Waals surface area contributed by atoms with Crippen LogP contribution in [0.2, 0.25) is 0 Å². The molecule has 1 aromatic heterocycles. The molecule has 4 heteroatoms. The maximum atomic E-state index is 8.74. The van der Waals surface area contributed by atoms with Gasteiger partial charge >= 0.3 is 0 Å². The lowest BCUT2D eigenvalue weighted by molar-refractivity contribution is 0.369. The van der Waals surface area contributed by atoms with Crippen molar-refractivity contribution in [1.29, 1.82) is 5.26 Å². The van der Waals surface area contributed by atoms with Crippen molar-refractivity contribution in [3.8, 4) is 17.5 Å². The first-order valence-corrected chi connectivity index (χ1v) is 6.04. The Morgan fingerprint density at radius 1 is 1.33 bits per heavy atom. The van der Waals surface area contributed by atoms with Crippen LogP contribution in [0.3, 0.4) is 0 Å². The van der Waals surface area contributed by atoms with Crippen molar-refractivity contribution in [2.24, 2.45) is 5.92 Å². The average molecular weight is 241 g/mol. The van der Waals surface area contributed by atoms with E-state index in [9.17, 15) is 0 Å². The van der Waals surface area contributed by atoms with Crippen molar-refractivity contribution in [1.82, 2.24) is 10.1 Å². The Hall–Kier alpha value is -2.15. The third kappa shape index (κ3) is 2.75. The van der Waals surface area contributed by atoms with Gasteiger partial charge in [0.15, 0.2) is 0 Å². The highest BCUT2D eigenvalue weighted by atomic mass is 16.5. The molecule has 1 heterocycles. The summed E-state index contributed by atoms with van der Waals surface area (Å²) < 4.78 is 5.14. The van der Waals surface area contributed by atoms with E-state index in [1.165, 1.54) is 5.56 Å². The van der Waals surface area contributed by atoms with E-state index >= 15 is 0 Å². The fourth-order valence-electron chi connectivity index (χ4n) is 1.65. The fraction of sp³-hybridized carbons (Fsp3) is 0.357. The SMILES string of the molecule is CCc1ccc(-c2noc(CC(C)C#N)n2)cc1. The van der Waals surface area contributed by atoms with Gasteiger partial charge in [-0.2, -0.15) is 10.2 Å². The maximum absolute atomic E-state index is 8.74. The number of aryl methyl sites for hydroxylation is 1. The minimum Gasteiger partial charge on any atom is -0.339 e. The standard InChI is InChI=1S/C14H15N3O/c1-3-11-4-6-12(7-5-11)14-16-13(18-17-14)8-10(2)9-15/h4-7,10H,3,8H2,1-2H3. The fourth-order valence-corrected chi connectivity index (χ4v) is 1.65. The van der Waals surface area contributed by atoms with Crippen molar-refractivity contribution in [3.05, 3.63) is 35.7 Å². The second kappa shape index (κ2) is 5.46. The van der Waals surface area contributed by atoms with Crippen LogP contribution in [-0.2, 0) is 12.8 Å². The number of benzene rings is 1. The predicted molar refractivity (Wildman–Crippen MR) is 67.6 cm³/mol. The van der Waals surface area contributed by atoms with Gasteiger partial charge in [0.2, 0.25) is 11.7 Å². The molecule has 0 amide bonds. The molecule has 1 unspecified atom stereocenters. The smallest absolute Gasteiger partial charge is 0.228 e. The summed E-state index contributed by atoms with van der Waals surface area (Å²) in [6, 6.07) is 10.2. The molecule has 2 aromatic rings. The molecule has 2 rings (SSSR count). The van der Waals surface area contributed by atoms with Crippen LogP contribution < -0.4 is 0 Å². The molecule has 1 aromatic carbocycles. The highest BCUT2D eigenvalue weighted by Crippen LogP contribution is 2.17. The van der Waals surface area contributed by atoms with Crippen LogP contribution in [-0.4, -0.2) is 10.1 Å². The normalized spacial score (nSPS) is 12.1. The Bertz CT molecular complexity index is 551.